The summed E-state index contributed by atoms with van der Waals surface area (Å²) in [6, 6.07) is 12.5. The molecule has 1 aromatic carbocycles. The Hall–Kier alpha value is -2.49. The Balaban J connectivity index is 1.77. The molecule has 4 heteroatoms. The third-order valence-corrected chi connectivity index (χ3v) is 3.27. The van der Waals surface area contributed by atoms with E-state index in [2.05, 4.69) is 46.5 Å². The fourth-order valence-corrected chi connectivity index (χ4v) is 2.09. The lowest BCUT2D eigenvalue weighted by Gasteiger charge is -2.02. The van der Waals surface area contributed by atoms with Crippen molar-refractivity contribution in [3.8, 4) is 11.3 Å². The van der Waals surface area contributed by atoms with Crippen LogP contribution < -0.4 is 0 Å². The molecule has 0 fully saturated rings. The Kier molecular flexibility index (Phi) is 3.54. The van der Waals surface area contributed by atoms with E-state index in [1.165, 1.54) is 11.1 Å². The SMILES string of the molecule is CCc1ccc(Cn2cc(-c3cccnc3)nn2)cc1. The Morgan fingerprint density at radius 3 is 2.55 bits per heavy atom. The fraction of sp³-hybridized carbons (Fsp3) is 0.188. The molecule has 0 saturated carbocycles. The molecule has 0 bridgehead atoms. The third kappa shape index (κ3) is 2.74. The van der Waals surface area contributed by atoms with Gasteiger partial charge in [-0.2, -0.15) is 0 Å². The highest BCUT2D eigenvalue weighted by atomic mass is 15.4. The van der Waals surface area contributed by atoms with E-state index in [-0.39, 0.29) is 0 Å². The number of aryl methyl sites for hydroxylation is 1. The van der Waals surface area contributed by atoms with Crippen LogP contribution in [0.4, 0.5) is 0 Å². The van der Waals surface area contributed by atoms with Gasteiger partial charge < -0.3 is 0 Å². The number of nitrogens with zero attached hydrogens (tertiary/aromatic N) is 4. The van der Waals surface area contributed by atoms with Gasteiger partial charge in [-0.15, -0.1) is 5.10 Å². The van der Waals surface area contributed by atoms with Gasteiger partial charge in [0.15, 0.2) is 0 Å². The van der Waals surface area contributed by atoms with Crippen LogP contribution in [0.2, 0.25) is 0 Å². The van der Waals surface area contributed by atoms with Crippen LogP contribution in [0.1, 0.15) is 18.1 Å². The summed E-state index contributed by atoms with van der Waals surface area (Å²) in [7, 11) is 0. The Labute approximate surface area is 118 Å². The maximum absolute atomic E-state index is 4.19. The largest absolute Gasteiger partial charge is 0.264 e. The van der Waals surface area contributed by atoms with Gasteiger partial charge in [-0.05, 0) is 29.7 Å². The van der Waals surface area contributed by atoms with Crippen molar-refractivity contribution < 1.29 is 0 Å². The molecule has 0 N–H and O–H groups in total. The molecular formula is C16H16N4. The molecule has 0 aliphatic heterocycles. The van der Waals surface area contributed by atoms with Gasteiger partial charge in [-0.25, -0.2) is 4.68 Å². The quantitative estimate of drug-likeness (QED) is 0.727. The molecular weight excluding hydrogens is 248 g/mol. The van der Waals surface area contributed by atoms with Gasteiger partial charge in [0, 0.05) is 18.0 Å². The normalized spacial score (nSPS) is 10.7. The van der Waals surface area contributed by atoms with Crippen molar-refractivity contribution in [2.24, 2.45) is 0 Å². The summed E-state index contributed by atoms with van der Waals surface area (Å²) >= 11 is 0. The second-order valence-electron chi connectivity index (χ2n) is 4.71. The zero-order chi connectivity index (χ0) is 13.8. The lowest BCUT2D eigenvalue weighted by Crippen LogP contribution is -2.00. The lowest BCUT2D eigenvalue weighted by atomic mass is 10.1. The number of benzene rings is 1. The Morgan fingerprint density at radius 2 is 1.85 bits per heavy atom. The molecule has 4 nitrogen and oxygen atoms in total. The Bertz CT molecular complexity index is 671. The minimum atomic E-state index is 0.733. The first-order valence-electron chi connectivity index (χ1n) is 6.73. The topological polar surface area (TPSA) is 43.6 Å². The number of aromatic nitrogens is 4. The highest BCUT2D eigenvalue weighted by Crippen LogP contribution is 2.14. The van der Waals surface area contributed by atoms with Crippen molar-refractivity contribution in [3.63, 3.8) is 0 Å². The summed E-state index contributed by atoms with van der Waals surface area (Å²) in [6.45, 7) is 2.89. The van der Waals surface area contributed by atoms with E-state index in [0.717, 1.165) is 24.2 Å². The monoisotopic (exact) mass is 264 g/mol. The molecule has 0 saturated heterocycles. The molecule has 0 aliphatic rings. The number of hydrogen-bond acceptors (Lipinski definition) is 3. The van der Waals surface area contributed by atoms with E-state index < -0.39 is 0 Å². The summed E-state index contributed by atoms with van der Waals surface area (Å²) in [5.41, 5.74) is 4.41. The highest BCUT2D eigenvalue weighted by molar-refractivity contribution is 5.55. The molecule has 0 unspecified atom stereocenters. The van der Waals surface area contributed by atoms with E-state index in [1.54, 1.807) is 12.4 Å². The zero-order valence-corrected chi connectivity index (χ0v) is 11.4. The van der Waals surface area contributed by atoms with Crippen molar-refractivity contribution in [2.45, 2.75) is 19.9 Å². The summed E-state index contributed by atoms with van der Waals surface area (Å²) in [5, 5.41) is 8.36. The molecule has 100 valence electrons. The molecule has 2 heterocycles. The fourth-order valence-electron chi connectivity index (χ4n) is 2.09. The van der Waals surface area contributed by atoms with Gasteiger partial charge in [0.1, 0.15) is 5.69 Å². The second-order valence-corrected chi connectivity index (χ2v) is 4.71. The molecule has 2 aromatic heterocycles. The van der Waals surface area contributed by atoms with Crippen LogP contribution in [0.5, 0.6) is 0 Å². The van der Waals surface area contributed by atoms with Crippen LogP contribution in [0.15, 0.2) is 55.0 Å². The van der Waals surface area contributed by atoms with Crippen molar-refractivity contribution >= 4 is 0 Å². The van der Waals surface area contributed by atoms with Crippen LogP contribution in [0.25, 0.3) is 11.3 Å². The number of rotatable bonds is 4. The first-order chi connectivity index (χ1) is 9.85. The van der Waals surface area contributed by atoms with Crippen molar-refractivity contribution in [1.29, 1.82) is 0 Å². The third-order valence-electron chi connectivity index (χ3n) is 3.27. The standard InChI is InChI=1S/C16H16N4/c1-2-13-5-7-14(8-6-13)11-20-12-16(18-19-20)15-4-3-9-17-10-15/h3-10,12H,2,11H2,1H3. The van der Waals surface area contributed by atoms with Crippen molar-refractivity contribution in [1.82, 2.24) is 20.0 Å². The minimum Gasteiger partial charge on any atom is -0.264 e. The predicted octanol–water partition coefficient (Wildman–Crippen LogP) is 2.95. The maximum atomic E-state index is 4.19. The van der Waals surface area contributed by atoms with E-state index in [1.807, 2.05) is 23.0 Å². The average molecular weight is 264 g/mol. The van der Waals surface area contributed by atoms with Gasteiger partial charge in [0.25, 0.3) is 0 Å². The molecule has 0 spiro atoms. The highest BCUT2D eigenvalue weighted by Gasteiger charge is 2.04. The number of hydrogen-bond donors (Lipinski definition) is 0. The van der Waals surface area contributed by atoms with E-state index in [9.17, 15) is 0 Å². The van der Waals surface area contributed by atoms with Crippen LogP contribution in [-0.4, -0.2) is 20.0 Å². The zero-order valence-electron chi connectivity index (χ0n) is 11.4. The summed E-state index contributed by atoms with van der Waals surface area (Å²) in [4.78, 5) is 4.10. The van der Waals surface area contributed by atoms with E-state index in [0.29, 0.717) is 0 Å². The second kappa shape index (κ2) is 5.65. The molecule has 20 heavy (non-hydrogen) atoms. The predicted molar refractivity (Wildman–Crippen MR) is 78.2 cm³/mol. The van der Waals surface area contributed by atoms with Crippen LogP contribution in [0, 0.1) is 0 Å². The summed E-state index contributed by atoms with van der Waals surface area (Å²) < 4.78 is 1.85. The maximum Gasteiger partial charge on any atom is 0.114 e. The number of pyridine rings is 1. The van der Waals surface area contributed by atoms with Crippen LogP contribution in [0.3, 0.4) is 0 Å². The molecule has 3 aromatic rings. The van der Waals surface area contributed by atoms with Gasteiger partial charge >= 0.3 is 0 Å². The molecule has 0 amide bonds. The Morgan fingerprint density at radius 1 is 1.05 bits per heavy atom. The van der Waals surface area contributed by atoms with Crippen molar-refractivity contribution in [3.05, 3.63) is 66.1 Å². The van der Waals surface area contributed by atoms with Gasteiger partial charge in [-0.1, -0.05) is 36.4 Å². The van der Waals surface area contributed by atoms with Crippen molar-refractivity contribution in [2.75, 3.05) is 0 Å². The van der Waals surface area contributed by atoms with E-state index in [4.69, 9.17) is 0 Å². The first kappa shape index (κ1) is 12.5. The van der Waals surface area contributed by atoms with Gasteiger partial charge in [0.2, 0.25) is 0 Å². The molecule has 0 radical (unpaired) electrons. The molecule has 0 atom stereocenters. The van der Waals surface area contributed by atoms with Crippen LogP contribution >= 0.6 is 0 Å². The van der Waals surface area contributed by atoms with Gasteiger partial charge in [-0.3, -0.25) is 4.98 Å². The van der Waals surface area contributed by atoms with E-state index >= 15 is 0 Å². The smallest absolute Gasteiger partial charge is 0.114 e. The summed E-state index contributed by atoms with van der Waals surface area (Å²) in [5.74, 6) is 0. The first-order valence-corrected chi connectivity index (χ1v) is 6.73. The summed E-state index contributed by atoms with van der Waals surface area (Å²) in [6.07, 6.45) is 6.56. The minimum absolute atomic E-state index is 0.733. The molecule has 0 aliphatic carbocycles. The molecule has 3 rings (SSSR count). The van der Waals surface area contributed by atoms with Gasteiger partial charge in [0.05, 0.1) is 12.7 Å². The van der Waals surface area contributed by atoms with Crippen LogP contribution in [-0.2, 0) is 13.0 Å². The average Bonchev–Trinajstić information content (AvgIpc) is 2.97. The lowest BCUT2D eigenvalue weighted by molar-refractivity contribution is 0.649.